The van der Waals surface area contributed by atoms with E-state index in [-0.39, 0.29) is 6.10 Å². The van der Waals surface area contributed by atoms with Crippen molar-refractivity contribution in [3.05, 3.63) is 54.3 Å². The van der Waals surface area contributed by atoms with Crippen LogP contribution in [-0.4, -0.2) is 6.10 Å². The first-order valence-electron chi connectivity index (χ1n) is 4.99. The van der Waals surface area contributed by atoms with Gasteiger partial charge in [0, 0.05) is 0 Å². The van der Waals surface area contributed by atoms with Crippen molar-refractivity contribution in [3.8, 4) is 0 Å². The predicted octanol–water partition coefficient (Wildman–Crippen LogP) is 3.39. The van der Waals surface area contributed by atoms with E-state index in [1.807, 2.05) is 18.2 Å². The minimum atomic E-state index is 0.250. The van der Waals surface area contributed by atoms with Crippen LogP contribution >= 0.6 is 0 Å². The van der Waals surface area contributed by atoms with Crippen molar-refractivity contribution in [2.24, 2.45) is 0 Å². The smallest absolute Gasteiger partial charge is 0.117 e. The molecule has 2 rings (SSSR count). The van der Waals surface area contributed by atoms with E-state index in [1.165, 1.54) is 5.56 Å². The summed E-state index contributed by atoms with van der Waals surface area (Å²) in [5.41, 5.74) is 1.23. The maximum atomic E-state index is 5.43. The zero-order valence-corrected chi connectivity index (χ0v) is 8.10. The first kappa shape index (κ1) is 9.07. The van der Waals surface area contributed by atoms with Crippen molar-refractivity contribution < 1.29 is 4.74 Å². The monoisotopic (exact) mass is 186 g/mol. The molecule has 72 valence electrons. The first-order chi connectivity index (χ1) is 6.95. The van der Waals surface area contributed by atoms with Crippen LogP contribution in [0.1, 0.15) is 18.4 Å². The molecule has 1 nitrogen and oxygen atoms in total. The minimum Gasteiger partial charge on any atom is -0.494 e. The van der Waals surface area contributed by atoms with Crippen LogP contribution in [0, 0.1) is 0 Å². The van der Waals surface area contributed by atoms with Gasteiger partial charge in [-0.2, -0.15) is 0 Å². The maximum absolute atomic E-state index is 5.43. The second kappa shape index (κ2) is 4.66. The third-order valence-electron chi connectivity index (χ3n) is 2.27. The maximum Gasteiger partial charge on any atom is 0.117 e. The molecule has 1 atom stereocenters. The van der Waals surface area contributed by atoms with Crippen LogP contribution in [0.25, 0.3) is 6.08 Å². The van der Waals surface area contributed by atoms with Gasteiger partial charge in [-0.3, -0.25) is 0 Å². The van der Waals surface area contributed by atoms with E-state index in [2.05, 4.69) is 30.4 Å². The quantitative estimate of drug-likeness (QED) is 0.688. The van der Waals surface area contributed by atoms with Crippen molar-refractivity contribution in [3.63, 3.8) is 0 Å². The van der Waals surface area contributed by atoms with Crippen LogP contribution in [0.15, 0.2) is 48.7 Å². The topological polar surface area (TPSA) is 9.23 Å². The summed E-state index contributed by atoms with van der Waals surface area (Å²) in [6, 6.07) is 10.3. The molecule has 0 N–H and O–H groups in total. The van der Waals surface area contributed by atoms with Crippen molar-refractivity contribution in [2.75, 3.05) is 0 Å². The summed E-state index contributed by atoms with van der Waals surface area (Å²) < 4.78 is 5.43. The lowest BCUT2D eigenvalue weighted by Crippen LogP contribution is -2.08. The highest BCUT2D eigenvalue weighted by atomic mass is 16.5. The summed E-state index contributed by atoms with van der Waals surface area (Å²) in [4.78, 5) is 0. The Balaban J connectivity index is 1.97. The van der Waals surface area contributed by atoms with Gasteiger partial charge in [-0.05, 0) is 30.6 Å². The van der Waals surface area contributed by atoms with Crippen molar-refractivity contribution in [2.45, 2.75) is 18.9 Å². The molecule has 0 radical (unpaired) electrons. The highest BCUT2D eigenvalue weighted by Gasteiger charge is 2.05. The summed E-state index contributed by atoms with van der Waals surface area (Å²) in [5.74, 6) is 0. The van der Waals surface area contributed by atoms with Crippen LogP contribution < -0.4 is 0 Å². The molecule has 1 aromatic rings. The molecule has 0 bridgehead atoms. The van der Waals surface area contributed by atoms with Gasteiger partial charge in [0.2, 0.25) is 0 Å². The van der Waals surface area contributed by atoms with Gasteiger partial charge in [-0.25, -0.2) is 0 Å². The lowest BCUT2D eigenvalue weighted by atomic mass is 10.1. The highest BCUT2D eigenvalue weighted by Crippen LogP contribution is 2.12. The van der Waals surface area contributed by atoms with Crippen LogP contribution in [0.5, 0.6) is 0 Å². The molecule has 0 aliphatic carbocycles. The molecular weight excluding hydrogens is 172 g/mol. The fraction of sp³-hybridized carbons (Fsp3) is 0.231. The summed E-state index contributed by atoms with van der Waals surface area (Å²) in [5, 5.41) is 0. The molecule has 0 fully saturated rings. The number of rotatable bonds is 2. The van der Waals surface area contributed by atoms with Crippen molar-refractivity contribution in [1.82, 2.24) is 0 Å². The SMILES string of the molecule is C1=COC(/C=C/c2ccccc2)CC1. The van der Waals surface area contributed by atoms with Gasteiger partial charge in [-0.15, -0.1) is 0 Å². The van der Waals surface area contributed by atoms with E-state index in [0.717, 1.165) is 12.8 Å². The average molecular weight is 186 g/mol. The Kier molecular flexibility index (Phi) is 3.02. The van der Waals surface area contributed by atoms with E-state index >= 15 is 0 Å². The standard InChI is InChI=1S/C13H14O/c1-2-6-12(7-3-1)9-10-13-8-4-5-11-14-13/h1-3,5-7,9-11,13H,4,8H2/b10-9+. The van der Waals surface area contributed by atoms with Crippen LogP contribution in [-0.2, 0) is 4.74 Å². The fourth-order valence-corrected chi connectivity index (χ4v) is 1.48. The molecule has 1 aromatic carbocycles. The van der Waals surface area contributed by atoms with Gasteiger partial charge >= 0.3 is 0 Å². The normalized spacial score (nSPS) is 21.0. The first-order valence-corrected chi connectivity index (χ1v) is 4.99. The van der Waals surface area contributed by atoms with Crippen LogP contribution in [0.3, 0.4) is 0 Å². The van der Waals surface area contributed by atoms with Gasteiger partial charge in [0.1, 0.15) is 6.10 Å². The second-order valence-corrected chi connectivity index (χ2v) is 3.39. The molecule has 14 heavy (non-hydrogen) atoms. The van der Waals surface area contributed by atoms with E-state index in [4.69, 9.17) is 4.74 Å². The Labute approximate surface area is 84.7 Å². The van der Waals surface area contributed by atoms with Gasteiger partial charge in [-0.1, -0.05) is 36.4 Å². The number of benzene rings is 1. The second-order valence-electron chi connectivity index (χ2n) is 3.39. The number of allylic oxidation sites excluding steroid dienone is 1. The highest BCUT2D eigenvalue weighted by molar-refractivity contribution is 5.49. The largest absolute Gasteiger partial charge is 0.494 e. The molecule has 1 heteroatoms. The lowest BCUT2D eigenvalue weighted by molar-refractivity contribution is 0.166. The molecule has 1 unspecified atom stereocenters. The van der Waals surface area contributed by atoms with Gasteiger partial charge in [0.15, 0.2) is 0 Å². The molecule has 1 aliphatic rings. The average Bonchev–Trinajstić information content (AvgIpc) is 2.29. The van der Waals surface area contributed by atoms with E-state index in [0.29, 0.717) is 0 Å². The van der Waals surface area contributed by atoms with E-state index in [9.17, 15) is 0 Å². The van der Waals surface area contributed by atoms with Gasteiger partial charge in [0.25, 0.3) is 0 Å². The third kappa shape index (κ3) is 2.49. The molecular formula is C13H14O. The zero-order chi connectivity index (χ0) is 9.64. The van der Waals surface area contributed by atoms with Crippen molar-refractivity contribution in [1.29, 1.82) is 0 Å². The zero-order valence-electron chi connectivity index (χ0n) is 8.10. The summed E-state index contributed by atoms with van der Waals surface area (Å²) in [7, 11) is 0. The van der Waals surface area contributed by atoms with Crippen LogP contribution in [0.4, 0.5) is 0 Å². The summed E-state index contributed by atoms with van der Waals surface area (Å²) in [6.45, 7) is 0. The molecule has 0 saturated carbocycles. The third-order valence-corrected chi connectivity index (χ3v) is 2.27. The molecule has 0 amide bonds. The number of hydrogen-bond donors (Lipinski definition) is 0. The van der Waals surface area contributed by atoms with Crippen molar-refractivity contribution >= 4 is 6.08 Å². The summed E-state index contributed by atoms with van der Waals surface area (Å²) >= 11 is 0. The molecule has 0 spiro atoms. The Morgan fingerprint density at radius 2 is 2.07 bits per heavy atom. The van der Waals surface area contributed by atoms with E-state index < -0.39 is 0 Å². The molecule has 0 aromatic heterocycles. The van der Waals surface area contributed by atoms with E-state index in [1.54, 1.807) is 6.26 Å². The lowest BCUT2D eigenvalue weighted by Gasteiger charge is -2.15. The Morgan fingerprint density at radius 1 is 1.21 bits per heavy atom. The van der Waals surface area contributed by atoms with Gasteiger partial charge < -0.3 is 4.74 Å². The predicted molar refractivity (Wildman–Crippen MR) is 58.7 cm³/mol. The molecule has 1 heterocycles. The van der Waals surface area contributed by atoms with Gasteiger partial charge in [0.05, 0.1) is 6.26 Å². The Bertz CT molecular complexity index is 324. The Hall–Kier alpha value is -1.50. The number of hydrogen-bond acceptors (Lipinski definition) is 1. The summed E-state index contributed by atoms with van der Waals surface area (Å²) in [6.07, 6.45) is 10.5. The minimum absolute atomic E-state index is 0.250. The fourth-order valence-electron chi connectivity index (χ4n) is 1.48. The number of ether oxygens (including phenoxy) is 1. The molecule has 0 saturated heterocycles. The van der Waals surface area contributed by atoms with Crippen LogP contribution in [0.2, 0.25) is 0 Å². The molecule has 1 aliphatic heterocycles. The Morgan fingerprint density at radius 3 is 2.79 bits per heavy atom.